The molecule has 3 heterocycles. The summed E-state index contributed by atoms with van der Waals surface area (Å²) in [6, 6.07) is 3.50. The number of halogens is 1. The number of thiophene rings is 1. The Kier molecular flexibility index (Phi) is 7.85. The Morgan fingerprint density at radius 3 is 2.77 bits per heavy atom. The Morgan fingerprint density at radius 1 is 1.39 bits per heavy atom. The second kappa shape index (κ2) is 10.2. The van der Waals surface area contributed by atoms with Gasteiger partial charge in [0.2, 0.25) is 5.28 Å². The van der Waals surface area contributed by atoms with Gasteiger partial charge in [-0.05, 0) is 50.8 Å². The van der Waals surface area contributed by atoms with E-state index in [2.05, 4.69) is 15.3 Å². The molecular formula is C21H26ClN3O4S2. The highest BCUT2D eigenvalue weighted by molar-refractivity contribution is 7.99. The minimum atomic E-state index is -0.573. The lowest BCUT2D eigenvalue weighted by molar-refractivity contribution is 0.0469. The number of rotatable bonds is 8. The predicted octanol–water partition coefficient (Wildman–Crippen LogP) is 5.33. The lowest BCUT2D eigenvalue weighted by Crippen LogP contribution is -2.42. The van der Waals surface area contributed by atoms with E-state index in [9.17, 15) is 4.79 Å². The standard InChI is InChI=1S/C21H26ClN3O4S2/c1-21(2,3)29-20(26)23-12(11-27-4)9-15-18(30-5)16-17(31-15)14(24-19(22)25-16)10-13-7-6-8-28-13/h6-8,12H,9-11H2,1-5H3,(H,23,26)/t12-/m1/s1. The van der Waals surface area contributed by atoms with Crippen LogP contribution in [-0.4, -0.2) is 47.7 Å². The number of hydrogen-bond acceptors (Lipinski definition) is 8. The van der Waals surface area contributed by atoms with Gasteiger partial charge >= 0.3 is 6.09 Å². The fourth-order valence-electron chi connectivity index (χ4n) is 3.12. The van der Waals surface area contributed by atoms with Gasteiger partial charge in [-0.25, -0.2) is 14.8 Å². The largest absolute Gasteiger partial charge is 0.469 e. The van der Waals surface area contributed by atoms with Gasteiger partial charge in [0.15, 0.2) is 0 Å². The third kappa shape index (κ3) is 6.35. The Hall–Kier alpha value is -1.81. The second-order valence-electron chi connectivity index (χ2n) is 7.93. The van der Waals surface area contributed by atoms with Crippen LogP contribution in [0.2, 0.25) is 5.28 Å². The Labute approximate surface area is 194 Å². The molecule has 31 heavy (non-hydrogen) atoms. The summed E-state index contributed by atoms with van der Waals surface area (Å²) in [4.78, 5) is 23.3. The third-order valence-electron chi connectivity index (χ3n) is 4.25. The average molecular weight is 484 g/mol. The number of carbonyl (C=O) groups is 1. The minimum Gasteiger partial charge on any atom is -0.469 e. The smallest absolute Gasteiger partial charge is 0.407 e. The fourth-order valence-corrected chi connectivity index (χ4v) is 5.60. The molecule has 0 aromatic carbocycles. The van der Waals surface area contributed by atoms with Crippen molar-refractivity contribution < 1.29 is 18.7 Å². The van der Waals surface area contributed by atoms with E-state index in [-0.39, 0.29) is 11.3 Å². The summed E-state index contributed by atoms with van der Waals surface area (Å²) in [7, 11) is 1.61. The highest BCUT2D eigenvalue weighted by Gasteiger charge is 2.24. The maximum atomic E-state index is 12.3. The van der Waals surface area contributed by atoms with E-state index in [0.29, 0.717) is 19.4 Å². The van der Waals surface area contributed by atoms with Crippen molar-refractivity contribution in [1.29, 1.82) is 0 Å². The first-order valence-electron chi connectivity index (χ1n) is 9.72. The predicted molar refractivity (Wildman–Crippen MR) is 124 cm³/mol. The first kappa shape index (κ1) is 23.8. The number of carbonyl (C=O) groups excluding carboxylic acids is 1. The molecule has 0 unspecified atom stereocenters. The molecule has 168 valence electrons. The third-order valence-corrected chi connectivity index (χ3v) is 6.64. The van der Waals surface area contributed by atoms with Gasteiger partial charge in [0.05, 0.1) is 29.3 Å². The zero-order valence-corrected chi connectivity index (χ0v) is 20.5. The number of nitrogens with one attached hydrogen (secondary N) is 1. The highest BCUT2D eigenvalue weighted by atomic mass is 35.5. The number of amides is 1. The number of thioether (sulfide) groups is 1. The number of furan rings is 1. The molecule has 7 nitrogen and oxygen atoms in total. The highest BCUT2D eigenvalue weighted by Crippen LogP contribution is 2.39. The van der Waals surface area contributed by atoms with Gasteiger partial charge in [0.1, 0.15) is 16.9 Å². The molecule has 3 rings (SSSR count). The number of hydrogen-bond donors (Lipinski definition) is 1. The molecule has 1 N–H and O–H groups in total. The van der Waals surface area contributed by atoms with E-state index in [1.807, 2.05) is 39.2 Å². The molecule has 0 radical (unpaired) electrons. The lowest BCUT2D eigenvalue weighted by atomic mass is 10.1. The van der Waals surface area contributed by atoms with E-state index in [1.165, 1.54) is 0 Å². The van der Waals surface area contributed by atoms with Crippen molar-refractivity contribution in [2.24, 2.45) is 0 Å². The number of ether oxygens (including phenoxy) is 2. The van der Waals surface area contributed by atoms with Crippen molar-refractivity contribution in [2.75, 3.05) is 20.0 Å². The first-order chi connectivity index (χ1) is 14.7. The van der Waals surface area contributed by atoms with Crippen LogP contribution >= 0.6 is 34.7 Å². The number of alkyl carbamates (subject to hydrolysis) is 1. The number of methoxy groups -OCH3 is 1. The van der Waals surface area contributed by atoms with Crippen molar-refractivity contribution in [3.8, 4) is 0 Å². The lowest BCUT2D eigenvalue weighted by Gasteiger charge is -2.23. The average Bonchev–Trinajstić information content (AvgIpc) is 3.27. The summed E-state index contributed by atoms with van der Waals surface area (Å²) >= 11 is 9.44. The van der Waals surface area contributed by atoms with Gasteiger partial charge in [-0.15, -0.1) is 23.1 Å². The Morgan fingerprint density at radius 2 is 2.16 bits per heavy atom. The van der Waals surface area contributed by atoms with E-state index >= 15 is 0 Å². The van der Waals surface area contributed by atoms with E-state index in [0.717, 1.165) is 31.4 Å². The van der Waals surface area contributed by atoms with Crippen molar-refractivity contribution in [3.63, 3.8) is 0 Å². The normalized spacial score (nSPS) is 12.8. The van der Waals surface area contributed by atoms with Crippen molar-refractivity contribution in [1.82, 2.24) is 15.3 Å². The quantitative estimate of drug-likeness (QED) is 0.342. The van der Waals surface area contributed by atoms with E-state index in [4.69, 9.17) is 25.5 Å². The van der Waals surface area contributed by atoms with Gasteiger partial charge < -0.3 is 19.2 Å². The Balaban J connectivity index is 1.92. The molecular weight excluding hydrogens is 458 g/mol. The molecule has 3 aromatic heterocycles. The molecule has 1 amide bonds. The molecule has 0 aliphatic rings. The molecule has 0 aliphatic heterocycles. The molecule has 1 atom stereocenters. The van der Waals surface area contributed by atoms with Crippen LogP contribution in [-0.2, 0) is 22.3 Å². The van der Waals surface area contributed by atoms with Gasteiger partial charge in [-0.3, -0.25) is 0 Å². The van der Waals surface area contributed by atoms with Gasteiger partial charge in [0.25, 0.3) is 0 Å². The molecule has 0 saturated heterocycles. The van der Waals surface area contributed by atoms with Crippen molar-refractivity contribution in [3.05, 3.63) is 40.0 Å². The maximum absolute atomic E-state index is 12.3. The topological polar surface area (TPSA) is 86.5 Å². The van der Waals surface area contributed by atoms with Crippen LogP contribution in [0.3, 0.4) is 0 Å². The number of aromatic nitrogens is 2. The zero-order chi connectivity index (χ0) is 22.6. The second-order valence-corrected chi connectivity index (χ2v) is 10.2. The summed E-state index contributed by atoms with van der Waals surface area (Å²) < 4.78 is 17.2. The Bertz CT molecular complexity index is 1030. The molecule has 0 spiro atoms. The van der Waals surface area contributed by atoms with Gasteiger partial charge in [-0.1, -0.05) is 0 Å². The van der Waals surface area contributed by atoms with Crippen LogP contribution in [0.15, 0.2) is 27.7 Å². The van der Waals surface area contributed by atoms with Gasteiger partial charge in [-0.2, -0.15) is 0 Å². The summed E-state index contributed by atoms with van der Waals surface area (Å²) in [5.74, 6) is 0.806. The summed E-state index contributed by atoms with van der Waals surface area (Å²) in [6.45, 7) is 5.85. The SMILES string of the molecule is COC[C@@H](Cc1sc2c(Cc3ccco3)nc(Cl)nc2c1SC)NC(=O)OC(C)(C)C. The van der Waals surface area contributed by atoms with Gasteiger partial charge in [0, 0.05) is 29.7 Å². The molecule has 0 fully saturated rings. The molecule has 0 bridgehead atoms. The molecule has 0 aliphatic carbocycles. The number of nitrogens with zero attached hydrogens (tertiary/aromatic N) is 2. The van der Waals surface area contributed by atoms with Crippen LogP contribution < -0.4 is 5.32 Å². The maximum Gasteiger partial charge on any atom is 0.407 e. The van der Waals surface area contributed by atoms with E-state index < -0.39 is 11.7 Å². The van der Waals surface area contributed by atoms with Crippen LogP contribution in [0.4, 0.5) is 4.79 Å². The van der Waals surface area contributed by atoms with Crippen LogP contribution in [0.25, 0.3) is 10.2 Å². The summed E-state index contributed by atoms with van der Waals surface area (Å²) in [6.07, 6.45) is 4.27. The fraction of sp³-hybridized carbons (Fsp3) is 0.476. The minimum absolute atomic E-state index is 0.203. The molecule has 3 aromatic rings. The van der Waals surface area contributed by atoms with Crippen molar-refractivity contribution >= 4 is 51.0 Å². The summed E-state index contributed by atoms with van der Waals surface area (Å²) in [5.41, 5.74) is 1.07. The van der Waals surface area contributed by atoms with Crippen LogP contribution in [0, 0.1) is 0 Å². The van der Waals surface area contributed by atoms with E-state index in [1.54, 1.807) is 36.5 Å². The summed E-state index contributed by atoms with van der Waals surface area (Å²) in [5, 5.41) is 3.12. The first-order valence-corrected chi connectivity index (χ1v) is 12.1. The molecule has 0 saturated carbocycles. The number of fused-ring (bicyclic) bond motifs is 1. The van der Waals surface area contributed by atoms with Crippen LogP contribution in [0.5, 0.6) is 0 Å². The zero-order valence-electron chi connectivity index (χ0n) is 18.2. The van der Waals surface area contributed by atoms with Crippen molar-refractivity contribution in [2.45, 2.75) is 50.2 Å². The molecule has 10 heteroatoms. The van der Waals surface area contributed by atoms with Crippen LogP contribution in [0.1, 0.15) is 37.1 Å². The monoisotopic (exact) mass is 483 g/mol.